The predicted octanol–water partition coefficient (Wildman–Crippen LogP) is 3.99. The van der Waals surface area contributed by atoms with Gasteiger partial charge < -0.3 is 9.88 Å². The van der Waals surface area contributed by atoms with Crippen LogP contribution < -0.4 is 5.32 Å². The largest absolute Gasteiger partial charge is 0.353 e. The Labute approximate surface area is 118 Å². The van der Waals surface area contributed by atoms with Crippen molar-refractivity contribution in [2.75, 3.05) is 5.32 Å². The smallest absolute Gasteiger partial charge is 0.203 e. The number of aromatic nitrogens is 2. The third kappa shape index (κ3) is 2.69. The molecule has 2 aromatic rings. The second kappa shape index (κ2) is 5.65. The molecule has 1 aliphatic rings. The number of rotatable bonds is 4. The van der Waals surface area contributed by atoms with Crippen molar-refractivity contribution < 1.29 is 4.39 Å². The fraction of sp³-hybridized carbons (Fsp3) is 0.438. The Hall–Kier alpha value is -1.84. The molecule has 1 atom stereocenters. The van der Waals surface area contributed by atoms with E-state index in [1.54, 1.807) is 0 Å². The number of hydrogen-bond acceptors (Lipinski definition) is 2. The highest BCUT2D eigenvalue weighted by atomic mass is 19.1. The summed E-state index contributed by atoms with van der Waals surface area (Å²) in [6.45, 7) is 2.11. The van der Waals surface area contributed by atoms with Crippen molar-refractivity contribution in [2.45, 2.75) is 44.7 Å². The summed E-state index contributed by atoms with van der Waals surface area (Å²) < 4.78 is 15.1. The number of halogens is 1. The minimum Gasteiger partial charge on any atom is -0.353 e. The van der Waals surface area contributed by atoms with Gasteiger partial charge in [-0.05, 0) is 37.5 Å². The van der Waals surface area contributed by atoms with Crippen LogP contribution in [-0.2, 0) is 0 Å². The van der Waals surface area contributed by atoms with Crippen molar-refractivity contribution in [1.82, 2.24) is 9.55 Å². The zero-order chi connectivity index (χ0) is 13.9. The van der Waals surface area contributed by atoms with Crippen molar-refractivity contribution in [2.24, 2.45) is 0 Å². The third-order valence-corrected chi connectivity index (χ3v) is 4.13. The first kappa shape index (κ1) is 13.2. The molecule has 1 aromatic heterocycles. The summed E-state index contributed by atoms with van der Waals surface area (Å²) in [5.74, 6) is 0.713. The van der Waals surface area contributed by atoms with Crippen LogP contribution in [0.1, 0.15) is 44.2 Å². The molecular formula is C16H20FN3. The Bertz CT molecular complexity index is 555. The van der Waals surface area contributed by atoms with Gasteiger partial charge in [0.05, 0.1) is 6.04 Å². The Balaban J connectivity index is 1.79. The summed E-state index contributed by atoms with van der Waals surface area (Å²) in [6.07, 6.45) is 8.83. The number of imidazole rings is 1. The van der Waals surface area contributed by atoms with Crippen molar-refractivity contribution in [3.05, 3.63) is 48.0 Å². The highest BCUT2D eigenvalue weighted by Gasteiger charge is 2.18. The maximum Gasteiger partial charge on any atom is 0.203 e. The van der Waals surface area contributed by atoms with Crippen LogP contribution in [0, 0.1) is 5.82 Å². The molecule has 20 heavy (non-hydrogen) atoms. The Morgan fingerprint density at radius 1 is 1.25 bits per heavy atom. The van der Waals surface area contributed by atoms with Gasteiger partial charge in [-0.2, -0.15) is 0 Å². The molecular weight excluding hydrogens is 253 g/mol. The Morgan fingerprint density at radius 2 is 1.95 bits per heavy atom. The standard InChI is InChI=1S/C16H20FN3/c1-12(13-6-8-14(17)9-7-13)20-11-10-18-16(20)19-15-4-2-3-5-15/h6-12,15H,2-5H2,1H3,(H,18,19). The number of hydrogen-bond donors (Lipinski definition) is 1. The molecule has 1 aliphatic carbocycles. The van der Waals surface area contributed by atoms with Gasteiger partial charge in [0.15, 0.2) is 0 Å². The first-order chi connectivity index (χ1) is 9.74. The second-order valence-electron chi connectivity index (χ2n) is 5.51. The molecule has 3 nitrogen and oxygen atoms in total. The molecule has 0 spiro atoms. The van der Waals surface area contributed by atoms with E-state index in [2.05, 4.69) is 21.8 Å². The van der Waals surface area contributed by atoms with Crippen LogP contribution in [0.2, 0.25) is 0 Å². The number of nitrogens with one attached hydrogen (secondary N) is 1. The van der Waals surface area contributed by atoms with Crippen molar-refractivity contribution in [1.29, 1.82) is 0 Å². The fourth-order valence-electron chi connectivity index (χ4n) is 2.89. The predicted molar refractivity (Wildman–Crippen MR) is 78.3 cm³/mol. The summed E-state index contributed by atoms with van der Waals surface area (Å²) >= 11 is 0. The quantitative estimate of drug-likeness (QED) is 0.913. The first-order valence-corrected chi connectivity index (χ1v) is 7.29. The van der Waals surface area contributed by atoms with Crippen LogP contribution >= 0.6 is 0 Å². The summed E-state index contributed by atoms with van der Waals surface area (Å²) in [4.78, 5) is 4.42. The van der Waals surface area contributed by atoms with Crippen LogP contribution in [0.3, 0.4) is 0 Å². The van der Waals surface area contributed by atoms with Gasteiger partial charge in [0.2, 0.25) is 5.95 Å². The zero-order valence-electron chi connectivity index (χ0n) is 11.7. The molecule has 0 bridgehead atoms. The van der Waals surface area contributed by atoms with E-state index in [1.807, 2.05) is 24.5 Å². The lowest BCUT2D eigenvalue weighted by Gasteiger charge is -2.20. The van der Waals surface area contributed by atoms with Gasteiger partial charge in [0.25, 0.3) is 0 Å². The van der Waals surface area contributed by atoms with Gasteiger partial charge in [-0.25, -0.2) is 9.37 Å². The molecule has 0 aliphatic heterocycles. The molecule has 106 valence electrons. The van der Waals surface area contributed by atoms with E-state index in [9.17, 15) is 4.39 Å². The molecule has 1 unspecified atom stereocenters. The molecule has 1 fully saturated rings. The van der Waals surface area contributed by atoms with Gasteiger partial charge in [-0.1, -0.05) is 25.0 Å². The highest BCUT2D eigenvalue weighted by molar-refractivity contribution is 5.32. The number of anilines is 1. The monoisotopic (exact) mass is 273 g/mol. The van der Waals surface area contributed by atoms with Gasteiger partial charge in [0, 0.05) is 18.4 Å². The normalized spacial score (nSPS) is 17.3. The van der Waals surface area contributed by atoms with Gasteiger partial charge >= 0.3 is 0 Å². The molecule has 1 N–H and O–H groups in total. The summed E-state index contributed by atoms with van der Waals surface area (Å²) in [5, 5.41) is 3.53. The van der Waals surface area contributed by atoms with E-state index >= 15 is 0 Å². The van der Waals surface area contributed by atoms with Crippen LogP contribution in [0.4, 0.5) is 10.3 Å². The van der Waals surface area contributed by atoms with E-state index in [0.717, 1.165) is 11.5 Å². The van der Waals surface area contributed by atoms with E-state index in [0.29, 0.717) is 6.04 Å². The third-order valence-electron chi connectivity index (χ3n) is 4.13. The topological polar surface area (TPSA) is 29.9 Å². The lowest BCUT2D eigenvalue weighted by Crippen LogP contribution is -2.19. The molecule has 0 radical (unpaired) electrons. The van der Waals surface area contributed by atoms with Crippen molar-refractivity contribution >= 4 is 5.95 Å². The Morgan fingerprint density at radius 3 is 2.65 bits per heavy atom. The average Bonchev–Trinajstić information content (AvgIpc) is 3.11. The molecule has 0 amide bonds. The van der Waals surface area contributed by atoms with Crippen LogP contribution in [0.25, 0.3) is 0 Å². The first-order valence-electron chi connectivity index (χ1n) is 7.29. The average molecular weight is 273 g/mol. The lowest BCUT2D eigenvalue weighted by atomic mass is 10.1. The van der Waals surface area contributed by atoms with Crippen LogP contribution in [-0.4, -0.2) is 15.6 Å². The van der Waals surface area contributed by atoms with Crippen molar-refractivity contribution in [3.63, 3.8) is 0 Å². The highest BCUT2D eigenvalue weighted by Crippen LogP contribution is 2.25. The minimum absolute atomic E-state index is 0.141. The SMILES string of the molecule is CC(c1ccc(F)cc1)n1ccnc1NC1CCCC1. The van der Waals surface area contributed by atoms with Crippen molar-refractivity contribution in [3.8, 4) is 0 Å². The maximum absolute atomic E-state index is 13.0. The molecule has 1 saturated carbocycles. The molecule has 3 rings (SSSR count). The second-order valence-corrected chi connectivity index (χ2v) is 5.51. The number of benzene rings is 1. The summed E-state index contributed by atoms with van der Waals surface area (Å²) in [5.41, 5.74) is 1.08. The molecule has 4 heteroatoms. The molecule has 1 aromatic carbocycles. The lowest BCUT2D eigenvalue weighted by molar-refractivity contribution is 0.613. The number of nitrogens with zero attached hydrogens (tertiary/aromatic N) is 2. The Kier molecular flexibility index (Phi) is 3.72. The van der Waals surface area contributed by atoms with Crippen LogP contribution in [0.5, 0.6) is 0 Å². The minimum atomic E-state index is -0.198. The van der Waals surface area contributed by atoms with E-state index < -0.39 is 0 Å². The summed E-state index contributed by atoms with van der Waals surface area (Å²) in [6, 6.07) is 7.36. The van der Waals surface area contributed by atoms with Gasteiger partial charge in [-0.3, -0.25) is 0 Å². The van der Waals surface area contributed by atoms with Crippen LogP contribution in [0.15, 0.2) is 36.7 Å². The molecule has 0 saturated heterocycles. The zero-order valence-corrected chi connectivity index (χ0v) is 11.7. The maximum atomic E-state index is 13.0. The van der Waals surface area contributed by atoms with E-state index in [4.69, 9.17) is 0 Å². The van der Waals surface area contributed by atoms with Gasteiger partial charge in [0.1, 0.15) is 5.82 Å². The fourth-order valence-corrected chi connectivity index (χ4v) is 2.89. The van der Waals surface area contributed by atoms with E-state index in [-0.39, 0.29) is 11.9 Å². The van der Waals surface area contributed by atoms with E-state index in [1.165, 1.54) is 37.8 Å². The summed E-state index contributed by atoms with van der Waals surface area (Å²) in [7, 11) is 0. The molecule has 1 heterocycles. The van der Waals surface area contributed by atoms with Gasteiger partial charge in [-0.15, -0.1) is 0 Å².